The molecule has 2 heterocycles. The van der Waals surface area contributed by atoms with Gasteiger partial charge >= 0.3 is 0 Å². The molecule has 4 rings (SSSR count). The standard InChI is InChI=1S/C19H15N5O.2H2/c1-12-6-5-9-14(10-12)15-11-21-17(20)16(22-15)19-24-23-18(25-19)13-7-3-2-4-8-13;;/h2-11H,1H3,(H2,20,21);2*1H. The third-order valence-corrected chi connectivity index (χ3v) is 3.76. The molecule has 4 aromatic rings. The van der Waals surface area contributed by atoms with E-state index in [0.717, 1.165) is 16.7 Å². The van der Waals surface area contributed by atoms with Crippen LogP contribution in [0.4, 0.5) is 5.82 Å². The fourth-order valence-electron chi connectivity index (χ4n) is 2.52. The molecule has 126 valence electrons. The van der Waals surface area contributed by atoms with Gasteiger partial charge in [0.15, 0.2) is 11.5 Å². The number of hydrogen-bond donors (Lipinski definition) is 1. The summed E-state index contributed by atoms with van der Waals surface area (Å²) in [4.78, 5) is 8.81. The molecule has 0 saturated carbocycles. The lowest BCUT2D eigenvalue weighted by Crippen LogP contribution is -1.99. The summed E-state index contributed by atoms with van der Waals surface area (Å²) >= 11 is 0. The molecule has 0 atom stereocenters. The van der Waals surface area contributed by atoms with Crippen LogP contribution in [0.5, 0.6) is 0 Å². The van der Waals surface area contributed by atoms with Gasteiger partial charge in [-0.15, -0.1) is 10.2 Å². The summed E-state index contributed by atoms with van der Waals surface area (Å²) in [6.45, 7) is 2.03. The number of nitrogens with two attached hydrogens (primary N) is 1. The largest absolute Gasteiger partial charge is 0.414 e. The first kappa shape index (κ1) is 15.0. The van der Waals surface area contributed by atoms with Crippen LogP contribution >= 0.6 is 0 Å². The predicted octanol–water partition coefficient (Wildman–Crippen LogP) is 4.24. The van der Waals surface area contributed by atoms with E-state index in [1.165, 1.54) is 0 Å². The SMILES string of the molecule is Cc1cccc(-c2cnc(N)c(-c3nnc(-c4ccccc4)o3)n2)c1.[HH].[HH]. The first-order valence-electron chi connectivity index (χ1n) is 7.79. The van der Waals surface area contributed by atoms with Gasteiger partial charge in [-0.25, -0.2) is 9.97 Å². The van der Waals surface area contributed by atoms with Crippen molar-refractivity contribution < 1.29 is 7.27 Å². The Morgan fingerprint density at radius 1 is 0.920 bits per heavy atom. The van der Waals surface area contributed by atoms with Gasteiger partial charge in [0.05, 0.1) is 11.9 Å². The van der Waals surface area contributed by atoms with Crippen LogP contribution in [0.1, 0.15) is 8.42 Å². The minimum Gasteiger partial charge on any atom is -0.414 e. The average Bonchev–Trinajstić information content (AvgIpc) is 3.13. The highest BCUT2D eigenvalue weighted by Crippen LogP contribution is 2.27. The lowest BCUT2D eigenvalue weighted by Gasteiger charge is -2.05. The molecule has 0 aliphatic carbocycles. The van der Waals surface area contributed by atoms with Crippen LogP contribution in [0, 0.1) is 6.92 Å². The van der Waals surface area contributed by atoms with Crippen LogP contribution in [-0.4, -0.2) is 20.2 Å². The molecule has 6 heteroatoms. The van der Waals surface area contributed by atoms with Gasteiger partial charge in [-0.3, -0.25) is 0 Å². The lowest BCUT2D eigenvalue weighted by atomic mass is 10.1. The van der Waals surface area contributed by atoms with Gasteiger partial charge in [0.2, 0.25) is 5.89 Å². The summed E-state index contributed by atoms with van der Waals surface area (Å²) in [7, 11) is 0. The monoisotopic (exact) mass is 333 g/mol. The van der Waals surface area contributed by atoms with Gasteiger partial charge in [-0.2, -0.15) is 0 Å². The number of nitrogens with zero attached hydrogens (tertiary/aromatic N) is 4. The van der Waals surface area contributed by atoms with E-state index in [9.17, 15) is 0 Å². The number of nitrogen functional groups attached to an aromatic ring is 1. The molecular weight excluding hydrogens is 314 g/mol. The molecule has 25 heavy (non-hydrogen) atoms. The zero-order valence-corrected chi connectivity index (χ0v) is 13.5. The van der Waals surface area contributed by atoms with E-state index in [2.05, 4.69) is 20.2 Å². The number of anilines is 1. The molecule has 0 fully saturated rings. The van der Waals surface area contributed by atoms with Crippen LogP contribution in [0.3, 0.4) is 0 Å². The molecule has 0 spiro atoms. The summed E-state index contributed by atoms with van der Waals surface area (Å²) in [6, 6.07) is 17.5. The molecule has 0 bridgehead atoms. The zero-order valence-electron chi connectivity index (χ0n) is 13.5. The maximum absolute atomic E-state index is 5.98. The Balaban J connectivity index is 0.00000131. The van der Waals surface area contributed by atoms with Gasteiger partial charge in [-0.05, 0) is 25.1 Å². The summed E-state index contributed by atoms with van der Waals surface area (Å²) in [5.41, 5.74) is 9.99. The number of hydrogen-bond acceptors (Lipinski definition) is 6. The van der Waals surface area contributed by atoms with E-state index in [0.29, 0.717) is 17.3 Å². The fraction of sp³-hybridized carbons (Fsp3) is 0.0526. The average molecular weight is 333 g/mol. The highest BCUT2D eigenvalue weighted by Gasteiger charge is 2.16. The summed E-state index contributed by atoms with van der Waals surface area (Å²) in [5.74, 6) is 0.913. The predicted molar refractivity (Wildman–Crippen MR) is 99.6 cm³/mol. The van der Waals surface area contributed by atoms with Crippen molar-refractivity contribution in [2.45, 2.75) is 6.92 Å². The van der Waals surface area contributed by atoms with Crippen LogP contribution in [0.25, 0.3) is 34.3 Å². The van der Waals surface area contributed by atoms with Crippen molar-refractivity contribution in [3.63, 3.8) is 0 Å². The molecule has 2 aromatic heterocycles. The van der Waals surface area contributed by atoms with E-state index < -0.39 is 0 Å². The maximum atomic E-state index is 5.98. The molecule has 0 aliphatic heterocycles. The normalized spacial score (nSPS) is 10.8. The van der Waals surface area contributed by atoms with Crippen molar-refractivity contribution in [1.29, 1.82) is 0 Å². The third kappa shape index (κ3) is 2.97. The van der Waals surface area contributed by atoms with Gasteiger partial charge in [0, 0.05) is 14.0 Å². The quantitative estimate of drug-likeness (QED) is 0.603. The van der Waals surface area contributed by atoms with Crippen molar-refractivity contribution in [2.24, 2.45) is 0 Å². The fourth-order valence-corrected chi connectivity index (χ4v) is 2.52. The molecule has 2 N–H and O–H groups in total. The van der Waals surface area contributed by atoms with E-state index >= 15 is 0 Å². The first-order chi connectivity index (χ1) is 12.2. The summed E-state index contributed by atoms with van der Waals surface area (Å²) in [6.07, 6.45) is 1.64. The number of aryl methyl sites for hydroxylation is 1. The minimum atomic E-state index is 0. The maximum Gasteiger partial charge on any atom is 0.270 e. The second-order valence-corrected chi connectivity index (χ2v) is 5.64. The number of aromatic nitrogens is 4. The Morgan fingerprint density at radius 3 is 2.48 bits per heavy atom. The second-order valence-electron chi connectivity index (χ2n) is 5.64. The van der Waals surface area contributed by atoms with Crippen molar-refractivity contribution >= 4 is 5.82 Å². The Bertz CT molecular complexity index is 1040. The number of rotatable bonds is 3. The van der Waals surface area contributed by atoms with E-state index in [1.54, 1.807) is 6.20 Å². The van der Waals surface area contributed by atoms with Gasteiger partial charge in [-0.1, -0.05) is 42.0 Å². The van der Waals surface area contributed by atoms with Crippen LogP contribution < -0.4 is 5.73 Å². The van der Waals surface area contributed by atoms with Gasteiger partial charge in [0.1, 0.15) is 0 Å². The highest BCUT2D eigenvalue weighted by molar-refractivity contribution is 5.69. The van der Waals surface area contributed by atoms with Crippen LogP contribution in [0.15, 0.2) is 65.2 Å². The molecule has 0 radical (unpaired) electrons. The number of benzene rings is 2. The highest BCUT2D eigenvalue weighted by atomic mass is 16.4. The minimum absolute atomic E-state index is 0. The smallest absolute Gasteiger partial charge is 0.270 e. The molecule has 0 saturated heterocycles. The molecule has 2 aromatic carbocycles. The Kier molecular flexibility index (Phi) is 3.70. The van der Waals surface area contributed by atoms with E-state index in [1.807, 2.05) is 61.5 Å². The first-order valence-corrected chi connectivity index (χ1v) is 7.79. The van der Waals surface area contributed by atoms with Crippen LogP contribution in [-0.2, 0) is 0 Å². The van der Waals surface area contributed by atoms with E-state index in [-0.39, 0.29) is 14.6 Å². The Morgan fingerprint density at radius 2 is 1.68 bits per heavy atom. The van der Waals surface area contributed by atoms with Crippen molar-refractivity contribution in [2.75, 3.05) is 5.73 Å². The van der Waals surface area contributed by atoms with Crippen molar-refractivity contribution in [3.05, 3.63) is 66.4 Å². The third-order valence-electron chi connectivity index (χ3n) is 3.76. The molecule has 0 amide bonds. The molecule has 0 aliphatic rings. The zero-order chi connectivity index (χ0) is 17.2. The van der Waals surface area contributed by atoms with Crippen molar-refractivity contribution in [1.82, 2.24) is 20.2 Å². The Labute approximate surface area is 147 Å². The second kappa shape index (κ2) is 6.16. The molecule has 0 unspecified atom stereocenters. The van der Waals surface area contributed by atoms with Crippen LogP contribution in [0.2, 0.25) is 0 Å². The van der Waals surface area contributed by atoms with Crippen molar-refractivity contribution in [3.8, 4) is 34.3 Å². The molecule has 6 nitrogen and oxygen atoms in total. The van der Waals surface area contributed by atoms with E-state index in [4.69, 9.17) is 10.2 Å². The van der Waals surface area contributed by atoms with Gasteiger partial charge in [0.25, 0.3) is 5.89 Å². The lowest BCUT2D eigenvalue weighted by molar-refractivity contribution is 0.582. The summed E-state index contributed by atoms with van der Waals surface area (Å²) < 4.78 is 5.75. The topological polar surface area (TPSA) is 90.7 Å². The molecular formula is C19H19N5O. The summed E-state index contributed by atoms with van der Waals surface area (Å²) in [5, 5.41) is 8.16. The Hall–Kier alpha value is -3.54. The van der Waals surface area contributed by atoms with Gasteiger partial charge < -0.3 is 10.2 Å².